The van der Waals surface area contributed by atoms with E-state index in [4.69, 9.17) is 20.2 Å². The summed E-state index contributed by atoms with van der Waals surface area (Å²) in [6.45, 7) is 8.38. The van der Waals surface area contributed by atoms with Gasteiger partial charge in [0.15, 0.2) is 0 Å². The molecule has 4 amide bonds. The standard InChI is InChI=1S/C35H42N6O6/c1-35(2,3)47-34(45)41-21-19-39(20-22-41)32(43)26-9-11-27(12-10-26)37-31-28(30(36)42)13-14-29(38-31)25-15-17-40(18-16-25)33(44)46-23-24-7-5-4-6-8-24/h4-14,25H,15-23H2,1-3H3,(H2,36,42)(H,37,38). The van der Waals surface area contributed by atoms with Gasteiger partial charge in [0.2, 0.25) is 0 Å². The zero-order valence-corrected chi connectivity index (χ0v) is 27.1. The fourth-order valence-corrected chi connectivity index (χ4v) is 5.60. The van der Waals surface area contributed by atoms with Gasteiger partial charge >= 0.3 is 12.2 Å². The maximum Gasteiger partial charge on any atom is 0.410 e. The largest absolute Gasteiger partial charge is 0.445 e. The molecule has 0 radical (unpaired) electrons. The lowest BCUT2D eigenvalue weighted by Crippen LogP contribution is -2.51. The lowest BCUT2D eigenvalue weighted by Gasteiger charge is -2.35. The van der Waals surface area contributed by atoms with Crippen LogP contribution in [0.5, 0.6) is 0 Å². The number of ether oxygens (including phenoxy) is 2. The normalized spacial score (nSPS) is 15.6. The molecule has 12 heteroatoms. The first kappa shape index (κ1) is 33.2. The molecule has 0 aliphatic carbocycles. The number of carbonyl (C=O) groups is 4. The number of amides is 4. The molecule has 3 heterocycles. The molecule has 0 bridgehead atoms. The molecule has 2 saturated heterocycles. The van der Waals surface area contributed by atoms with Crippen molar-refractivity contribution in [2.45, 2.75) is 51.7 Å². The predicted molar refractivity (Wildman–Crippen MR) is 176 cm³/mol. The third-order valence-electron chi connectivity index (χ3n) is 8.17. The quantitative estimate of drug-likeness (QED) is 0.361. The van der Waals surface area contributed by atoms with E-state index >= 15 is 0 Å². The molecule has 3 aromatic rings. The summed E-state index contributed by atoms with van der Waals surface area (Å²) in [6, 6.07) is 20.0. The van der Waals surface area contributed by atoms with Gasteiger partial charge in [-0.05, 0) is 75.6 Å². The molecule has 0 spiro atoms. The number of pyridine rings is 1. The average Bonchev–Trinajstić information content (AvgIpc) is 3.07. The van der Waals surface area contributed by atoms with E-state index in [0.29, 0.717) is 69.2 Å². The maximum absolute atomic E-state index is 13.2. The monoisotopic (exact) mass is 642 g/mol. The van der Waals surface area contributed by atoms with Crippen LogP contribution in [0.1, 0.15) is 71.5 Å². The molecule has 2 fully saturated rings. The van der Waals surface area contributed by atoms with Crippen LogP contribution in [0, 0.1) is 0 Å². The second kappa shape index (κ2) is 14.5. The average molecular weight is 643 g/mol. The number of hydrogen-bond donors (Lipinski definition) is 2. The van der Waals surface area contributed by atoms with Gasteiger partial charge in [-0.15, -0.1) is 0 Å². The Morgan fingerprint density at radius 2 is 1.43 bits per heavy atom. The highest BCUT2D eigenvalue weighted by atomic mass is 16.6. The van der Waals surface area contributed by atoms with E-state index in [1.165, 1.54) is 0 Å². The van der Waals surface area contributed by atoms with Gasteiger partial charge in [0, 0.05) is 62.1 Å². The van der Waals surface area contributed by atoms with Gasteiger partial charge in [-0.3, -0.25) is 9.59 Å². The summed E-state index contributed by atoms with van der Waals surface area (Å²) < 4.78 is 10.9. The first-order valence-electron chi connectivity index (χ1n) is 15.9. The third-order valence-corrected chi connectivity index (χ3v) is 8.17. The van der Waals surface area contributed by atoms with Crippen LogP contribution in [0.2, 0.25) is 0 Å². The van der Waals surface area contributed by atoms with Crippen molar-refractivity contribution in [1.82, 2.24) is 19.7 Å². The topological polar surface area (TPSA) is 147 Å². The van der Waals surface area contributed by atoms with Crippen LogP contribution in [0.4, 0.5) is 21.1 Å². The number of hydrogen-bond acceptors (Lipinski definition) is 8. The third kappa shape index (κ3) is 8.78. The summed E-state index contributed by atoms with van der Waals surface area (Å²) in [5, 5.41) is 3.20. The van der Waals surface area contributed by atoms with Crippen LogP contribution >= 0.6 is 0 Å². The van der Waals surface area contributed by atoms with Crippen molar-refractivity contribution in [3.63, 3.8) is 0 Å². The molecule has 2 aliphatic heterocycles. The van der Waals surface area contributed by atoms with Gasteiger partial charge in [0.1, 0.15) is 18.0 Å². The van der Waals surface area contributed by atoms with E-state index in [9.17, 15) is 19.2 Å². The Hall–Kier alpha value is -5.13. The zero-order valence-electron chi connectivity index (χ0n) is 27.1. The molecule has 2 aromatic carbocycles. The van der Waals surface area contributed by atoms with Crippen LogP contribution in [-0.4, -0.2) is 88.6 Å². The van der Waals surface area contributed by atoms with E-state index in [2.05, 4.69) is 5.32 Å². The van der Waals surface area contributed by atoms with Gasteiger partial charge in [-0.25, -0.2) is 14.6 Å². The summed E-state index contributed by atoms with van der Waals surface area (Å²) >= 11 is 0. The van der Waals surface area contributed by atoms with Crippen LogP contribution < -0.4 is 11.1 Å². The number of aromatic nitrogens is 1. The molecule has 0 saturated carbocycles. The first-order chi connectivity index (χ1) is 22.5. The molecular weight excluding hydrogens is 600 g/mol. The number of likely N-dealkylation sites (tertiary alicyclic amines) is 1. The summed E-state index contributed by atoms with van der Waals surface area (Å²) in [4.78, 5) is 60.2. The zero-order chi connectivity index (χ0) is 33.6. The molecule has 0 atom stereocenters. The minimum atomic E-state index is -0.611. The Bertz CT molecular complexity index is 1570. The number of nitrogens with zero attached hydrogens (tertiary/aromatic N) is 4. The molecule has 5 rings (SSSR count). The van der Waals surface area contributed by atoms with Crippen molar-refractivity contribution in [1.29, 1.82) is 0 Å². The number of primary amides is 1. The van der Waals surface area contributed by atoms with Gasteiger partial charge in [0.05, 0.1) is 5.56 Å². The van der Waals surface area contributed by atoms with Gasteiger partial charge in [0.25, 0.3) is 11.8 Å². The van der Waals surface area contributed by atoms with Crippen LogP contribution in [0.15, 0.2) is 66.7 Å². The van der Waals surface area contributed by atoms with E-state index in [1.807, 2.05) is 57.2 Å². The molecule has 47 heavy (non-hydrogen) atoms. The summed E-state index contributed by atoms with van der Waals surface area (Å²) in [5.74, 6) is -0.322. The molecule has 248 valence electrons. The van der Waals surface area contributed by atoms with Gasteiger partial charge < -0.3 is 35.2 Å². The van der Waals surface area contributed by atoms with Crippen LogP contribution in [-0.2, 0) is 16.1 Å². The lowest BCUT2D eigenvalue weighted by molar-refractivity contribution is 0.0141. The Kier molecular flexibility index (Phi) is 10.3. The number of carbonyl (C=O) groups excluding carboxylic acids is 4. The Balaban J connectivity index is 1.17. The van der Waals surface area contributed by atoms with Crippen molar-refractivity contribution in [3.8, 4) is 0 Å². The second-order valence-corrected chi connectivity index (χ2v) is 12.8. The number of rotatable bonds is 7. The van der Waals surface area contributed by atoms with Crippen molar-refractivity contribution >= 4 is 35.5 Å². The van der Waals surface area contributed by atoms with Gasteiger partial charge in [-0.1, -0.05) is 30.3 Å². The van der Waals surface area contributed by atoms with Crippen molar-refractivity contribution in [3.05, 3.63) is 89.1 Å². The molecule has 1 aromatic heterocycles. The van der Waals surface area contributed by atoms with Crippen molar-refractivity contribution in [2.24, 2.45) is 5.73 Å². The number of piperazine rings is 1. The molecular formula is C35H42N6O6. The van der Waals surface area contributed by atoms with Gasteiger partial charge in [-0.2, -0.15) is 0 Å². The SMILES string of the molecule is CC(C)(C)OC(=O)N1CCN(C(=O)c2ccc(Nc3nc(C4CCN(C(=O)OCc5ccccc5)CC4)ccc3C(N)=O)cc2)CC1. The highest BCUT2D eigenvalue weighted by Crippen LogP contribution is 2.30. The Labute approximate surface area is 274 Å². The fourth-order valence-electron chi connectivity index (χ4n) is 5.60. The van der Waals surface area contributed by atoms with Crippen LogP contribution in [0.3, 0.4) is 0 Å². The maximum atomic E-state index is 13.2. The summed E-state index contributed by atoms with van der Waals surface area (Å²) in [5.41, 5.74) is 8.22. The lowest BCUT2D eigenvalue weighted by atomic mass is 9.93. The van der Waals surface area contributed by atoms with Crippen molar-refractivity contribution < 1.29 is 28.7 Å². The molecule has 2 aliphatic rings. The van der Waals surface area contributed by atoms with E-state index in [1.54, 1.807) is 45.0 Å². The molecule has 3 N–H and O–H groups in total. The molecule has 0 unspecified atom stereocenters. The number of nitrogens with one attached hydrogen (secondary N) is 1. The number of nitrogens with two attached hydrogens (primary N) is 1. The predicted octanol–water partition coefficient (Wildman–Crippen LogP) is 5.13. The summed E-state index contributed by atoms with van der Waals surface area (Å²) in [6.07, 6.45) is 0.687. The van der Waals surface area contributed by atoms with Crippen molar-refractivity contribution in [2.75, 3.05) is 44.6 Å². The summed E-state index contributed by atoms with van der Waals surface area (Å²) in [7, 11) is 0. The minimum absolute atomic E-state index is 0.0893. The number of piperidine rings is 1. The second-order valence-electron chi connectivity index (χ2n) is 12.8. The first-order valence-corrected chi connectivity index (χ1v) is 15.9. The number of anilines is 2. The van der Waals surface area contributed by atoms with E-state index < -0.39 is 11.5 Å². The molecule has 12 nitrogen and oxygen atoms in total. The fraction of sp³-hybridized carbons (Fsp3) is 0.400. The van der Waals surface area contributed by atoms with Crippen LogP contribution in [0.25, 0.3) is 0 Å². The smallest absolute Gasteiger partial charge is 0.410 e. The number of benzene rings is 2. The highest BCUT2D eigenvalue weighted by molar-refractivity contribution is 5.98. The minimum Gasteiger partial charge on any atom is -0.445 e. The Morgan fingerprint density at radius 1 is 0.809 bits per heavy atom. The highest BCUT2D eigenvalue weighted by Gasteiger charge is 2.29. The van der Waals surface area contributed by atoms with E-state index in [0.717, 1.165) is 11.3 Å². The Morgan fingerprint density at radius 3 is 2.04 bits per heavy atom. The van der Waals surface area contributed by atoms with E-state index in [-0.39, 0.29) is 36.2 Å².